The largest absolute Gasteiger partial charge is 0.433 e. The molecule has 0 bridgehead atoms. The van der Waals surface area contributed by atoms with Crippen molar-refractivity contribution in [3.8, 4) is 0 Å². The molecule has 0 radical (unpaired) electrons. The molecular weight excluding hydrogens is 403 g/mol. The number of alkyl halides is 3. The zero-order valence-corrected chi connectivity index (χ0v) is 17.2. The van der Waals surface area contributed by atoms with Crippen molar-refractivity contribution in [1.29, 1.82) is 0 Å². The summed E-state index contributed by atoms with van der Waals surface area (Å²) < 4.78 is 40.2. The van der Waals surface area contributed by atoms with Crippen molar-refractivity contribution < 1.29 is 18.0 Å². The van der Waals surface area contributed by atoms with Gasteiger partial charge < -0.3 is 10.2 Å². The first-order chi connectivity index (χ1) is 14.8. The maximum Gasteiger partial charge on any atom is 0.433 e. The monoisotopic (exact) mass is 427 g/mol. The molecule has 1 aromatic heterocycles. The van der Waals surface area contributed by atoms with E-state index in [0.717, 1.165) is 31.7 Å². The molecule has 1 heterocycles. The fourth-order valence-electron chi connectivity index (χ4n) is 4.26. The van der Waals surface area contributed by atoms with E-state index in [-0.39, 0.29) is 18.0 Å². The maximum absolute atomic E-state index is 13.4. The van der Waals surface area contributed by atoms with E-state index in [1.54, 1.807) is 30.3 Å². The van der Waals surface area contributed by atoms with E-state index in [1.165, 1.54) is 0 Å². The lowest BCUT2D eigenvalue weighted by Gasteiger charge is -2.37. The average Bonchev–Trinajstić information content (AvgIpc) is 2.78. The standard InChI is InChI=1S/C24H24F3N3O/c1-30(21-15-22(24(25,26)27)29-20-10-6-5-9-19(20)21)18-13-11-17(12-14-18)28-23(31)16-7-3-2-4-8-16/h2-10,15,17-18H,11-14H2,1H3,(H,28,31)/t17-,18+. The minimum absolute atomic E-state index is 0.0669. The Hall–Kier alpha value is -3.09. The molecule has 1 aliphatic rings. The van der Waals surface area contributed by atoms with Gasteiger partial charge in [0.25, 0.3) is 5.91 Å². The predicted molar refractivity (Wildman–Crippen MR) is 115 cm³/mol. The summed E-state index contributed by atoms with van der Waals surface area (Å²) in [6.07, 6.45) is -1.37. The van der Waals surface area contributed by atoms with Gasteiger partial charge >= 0.3 is 6.18 Å². The van der Waals surface area contributed by atoms with Crippen LogP contribution >= 0.6 is 0 Å². The topological polar surface area (TPSA) is 45.2 Å². The molecule has 1 aliphatic carbocycles. The summed E-state index contributed by atoms with van der Waals surface area (Å²) in [7, 11) is 1.84. The summed E-state index contributed by atoms with van der Waals surface area (Å²) in [5.74, 6) is -0.0904. The first kappa shape index (κ1) is 21.2. The number of anilines is 1. The SMILES string of the molecule is CN(c1cc(C(F)(F)F)nc2ccccc12)[C@H]1CC[C@@H](NC(=O)c2ccccc2)CC1. The van der Waals surface area contributed by atoms with E-state index in [9.17, 15) is 18.0 Å². The number of amides is 1. The normalized spacial score (nSPS) is 19.2. The Balaban J connectivity index is 1.48. The molecule has 3 aromatic rings. The molecule has 0 atom stereocenters. The summed E-state index contributed by atoms with van der Waals surface area (Å²) in [6, 6.07) is 17.3. The van der Waals surface area contributed by atoms with Crippen LogP contribution in [0.15, 0.2) is 60.7 Å². The highest BCUT2D eigenvalue weighted by molar-refractivity contribution is 5.94. The lowest BCUT2D eigenvalue weighted by Crippen LogP contribution is -2.43. The third-order valence-electron chi connectivity index (χ3n) is 5.98. The van der Waals surface area contributed by atoms with Gasteiger partial charge in [-0.1, -0.05) is 36.4 Å². The predicted octanol–water partition coefficient (Wildman–Crippen LogP) is 5.43. The number of nitrogens with zero attached hydrogens (tertiary/aromatic N) is 2. The molecular formula is C24H24F3N3O. The van der Waals surface area contributed by atoms with Crippen molar-refractivity contribution >= 4 is 22.5 Å². The van der Waals surface area contributed by atoms with E-state index < -0.39 is 11.9 Å². The molecule has 0 saturated heterocycles. The summed E-state index contributed by atoms with van der Waals surface area (Å²) in [6.45, 7) is 0. The molecule has 1 N–H and O–H groups in total. The van der Waals surface area contributed by atoms with Gasteiger partial charge in [-0.05, 0) is 49.9 Å². The van der Waals surface area contributed by atoms with Crippen LogP contribution in [-0.4, -0.2) is 30.0 Å². The minimum atomic E-state index is -4.50. The Morgan fingerprint density at radius 3 is 2.32 bits per heavy atom. The van der Waals surface area contributed by atoms with Gasteiger partial charge in [-0.15, -0.1) is 0 Å². The molecule has 1 saturated carbocycles. The van der Waals surface area contributed by atoms with Crippen molar-refractivity contribution in [1.82, 2.24) is 10.3 Å². The number of pyridine rings is 1. The molecule has 162 valence electrons. The number of halogens is 3. The van der Waals surface area contributed by atoms with Crippen LogP contribution in [-0.2, 0) is 6.18 Å². The number of fused-ring (bicyclic) bond motifs is 1. The van der Waals surface area contributed by atoms with Crippen LogP contribution < -0.4 is 10.2 Å². The number of para-hydroxylation sites is 1. The highest BCUT2D eigenvalue weighted by Crippen LogP contribution is 2.36. The van der Waals surface area contributed by atoms with Gasteiger partial charge in [0.1, 0.15) is 5.69 Å². The molecule has 4 nitrogen and oxygen atoms in total. The molecule has 0 aliphatic heterocycles. The van der Waals surface area contributed by atoms with Gasteiger partial charge in [0.2, 0.25) is 0 Å². The number of rotatable bonds is 4. The van der Waals surface area contributed by atoms with Crippen LogP contribution in [0.1, 0.15) is 41.7 Å². The van der Waals surface area contributed by atoms with Crippen molar-refractivity contribution in [3.05, 3.63) is 71.9 Å². The van der Waals surface area contributed by atoms with Crippen LogP contribution in [0.3, 0.4) is 0 Å². The second kappa shape index (κ2) is 8.57. The lowest BCUT2D eigenvalue weighted by molar-refractivity contribution is -0.140. The van der Waals surface area contributed by atoms with E-state index in [4.69, 9.17) is 0 Å². The van der Waals surface area contributed by atoms with E-state index in [2.05, 4.69) is 10.3 Å². The molecule has 0 unspecified atom stereocenters. The average molecular weight is 427 g/mol. The zero-order valence-electron chi connectivity index (χ0n) is 17.2. The minimum Gasteiger partial charge on any atom is -0.371 e. The van der Waals surface area contributed by atoms with Crippen LogP contribution in [0, 0.1) is 0 Å². The van der Waals surface area contributed by atoms with Crippen molar-refractivity contribution in [2.45, 2.75) is 43.9 Å². The summed E-state index contributed by atoms with van der Waals surface area (Å²) in [4.78, 5) is 18.1. The van der Waals surface area contributed by atoms with Gasteiger partial charge in [0, 0.05) is 35.8 Å². The molecule has 31 heavy (non-hydrogen) atoms. The van der Waals surface area contributed by atoms with Crippen molar-refractivity contribution in [2.24, 2.45) is 0 Å². The number of carbonyl (C=O) groups is 1. The Morgan fingerprint density at radius 2 is 1.65 bits per heavy atom. The summed E-state index contributed by atoms with van der Waals surface area (Å²) in [5.41, 5.74) is 0.624. The smallest absolute Gasteiger partial charge is 0.371 e. The first-order valence-corrected chi connectivity index (χ1v) is 10.4. The Labute approximate surface area is 179 Å². The molecule has 7 heteroatoms. The summed E-state index contributed by atoms with van der Waals surface area (Å²) >= 11 is 0. The highest BCUT2D eigenvalue weighted by atomic mass is 19.4. The molecule has 0 spiro atoms. The Bertz CT molecular complexity index is 1060. The van der Waals surface area contributed by atoms with Crippen LogP contribution in [0.5, 0.6) is 0 Å². The molecule has 2 aromatic carbocycles. The van der Waals surface area contributed by atoms with Gasteiger partial charge in [-0.25, -0.2) is 4.98 Å². The number of nitrogens with one attached hydrogen (secondary N) is 1. The lowest BCUT2D eigenvalue weighted by atomic mass is 9.89. The highest BCUT2D eigenvalue weighted by Gasteiger charge is 2.34. The Kier molecular flexibility index (Phi) is 5.85. The van der Waals surface area contributed by atoms with Crippen LogP contribution in [0.25, 0.3) is 10.9 Å². The van der Waals surface area contributed by atoms with E-state index in [1.807, 2.05) is 36.2 Å². The number of carbonyl (C=O) groups excluding carboxylic acids is 1. The number of benzene rings is 2. The van der Waals surface area contributed by atoms with Gasteiger partial charge in [-0.3, -0.25) is 4.79 Å². The quantitative estimate of drug-likeness (QED) is 0.604. The molecule has 4 rings (SSSR count). The second-order valence-corrected chi connectivity index (χ2v) is 8.00. The van der Waals surface area contributed by atoms with Gasteiger partial charge in [-0.2, -0.15) is 13.2 Å². The fraction of sp³-hybridized carbons (Fsp3) is 0.333. The maximum atomic E-state index is 13.4. The number of aromatic nitrogens is 1. The van der Waals surface area contributed by atoms with Crippen LogP contribution in [0.4, 0.5) is 18.9 Å². The zero-order chi connectivity index (χ0) is 22.0. The van der Waals surface area contributed by atoms with Crippen molar-refractivity contribution in [2.75, 3.05) is 11.9 Å². The molecule has 1 amide bonds. The van der Waals surface area contributed by atoms with E-state index in [0.29, 0.717) is 22.2 Å². The molecule has 1 fully saturated rings. The van der Waals surface area contributed by atoms with Gasteiger partial charge in [0.15, 0.2) is 0 Å². The Morgan fingerprint density at radius 1 is 1.00 bits per heavy atom. The number of hydrogen-bond donors (Lipinski definition) is 1. The third kappa shape index (κ3) is 4.65. The third-order valence-corrected chi connectivity index (χ3v) is 5.98. The number of hydrogen-bond acceptors (Lipinski definition) is 3. The summed E-state index contributed by atoms with van der Waals surface area (Å²) in [5, 5.41) is 3.78. The first-order valence-electron chi connectivity index (χ1n) is 10.4. The fourth-order valence-corrected chi connectivity index (χ4v) is 4.26. The second-order valence-electron chi connectivity index (χ2n) is 8.00. The van der Waals surface area contributed by atoms with Gasteiger partial charge in [0.05, 0.1) is 5.52 Å². The van der Waals surface area contributed by atoms with Crippen LogP contribution in [0.2, 0.25) is 0 Å². The van der Waals surface area contributed by atoms with E-state index >= 15 is 0 Å². The van der Waals surface area contributed by atoms with Crippen molar-refractivity contribution in [3.63, 3.8) is 0 Å².